The quantitative estimate of drug-likeness (QED) is 0.805. The summed E-state index contributed by atoms with van der Waals surface area (Å²) >= 11 is 1.89. The topological polar surface area (TPSA) is 66.4 Å². The van der Waals surface area contributed by atoms with Crippen LogP contribution in [0.15, 0.2) is 0 Å². The van der Waals surface area contributed by atoms with Gasteiger partial charge >= 0.3 is 5.97 Å². The van der Waals surface area contributed by atoms with Gasteiger partial charge in [-0.2, -0.15) is 11.8 Å². The summed E-state index contributed by atoms with van der Waals surface area (Å²) in [6, 6.07) is 0.226. The van der Waals surface area contributed by atoms with Crippen molar-refractivity contribution in [3.63, 3.8) is 0 Å². The third kappa shape index (κ3) is 4.19. The van der Waals surface area contributed by atoms with Gasteiger partial charge in [-0.05, 0) is 31.9 Å². The summed E-state index contributed by atoms with van der Waals surface area (Å²) in [6.07, 6.45) is 6.40. The normalized spacial score (nSPS) is 27.3. The van der Waals surface area contributed by atoms with Crippen LogP contribution < -0.4 is 5.32 Å². The highest BCUT2D eigenvalue weighted by Crippen LogP contribution is 2.27. The van der Waals surface area contributed by atoms with Gasteiger partial charge in [-0.15, -0.1) is 0 Å². The van der Waals surface area contributed by atoms with Crippen molar-refractivity contribution < 1.29 is 14.7 Å². The molecular formula is C13H23NO3S. The van der Waals surface area contributed by atoms with Crippen LogP contribution in [-0.2, 0) is 9.59 Å². The molecule has 5 heteroatoms. The maximum Gasteiger partial charge on any atom is 0.307 e. The molecule has 1 aliphatic carbocycles. The fraction of sp³-hybridized carbons (Fsp3) is 0.846. The van der Waals surface area contributed by atoms with Crippen LogP contribution in [0.25, 0.3) is 0 Å². The van der Waals surface area contributed by atoms with Crippen LogP contribution >= 0.6 is 11.8 Å². The summed E-state index contributed by atoms with van der Waals surface area (Å²) in [6.45, 7) is 3.26. The predicted molar refractivity (Wildman–Crippen MR) is 73.7 cm³/mol. The van der Waals surface area contributed by atoms with Crippen molar-refractivity contribution in [2.75, 3.05) is 6.26 Å². The molecule has 2 atom stereocenters. The summed E-state index contributed by atoms with van der Waals surface area (Å²) < 4.78 is 0. The van der Waals surface area contributed by atoms with Crippen molar-refractivity contribution in [1.29, 1.82) is 0 Å². The van der Waals surface area contributed by atoms with Gasteiger partial charge in [0.15, 0.2) is 0 Å². The van der Waals surface area contributed by atoms with E-state index >= 15 is 0 Å². The van der Waals surface area contributed by atoms with E-state index in [9.17, 15) is 9.59 Å². The van der Waals surface area contributed by atoms with Crippen LogP contribution in [-0.4, -0.2) is 34.5 Å². The molecule has 1 saturated carbocycles. The zero-order valence-corrected chi connectivity index (χ0v) is 12.1. The molecule has 0 aromatic heterocycles. The first-order valence-corrected chi connectivity index (χ1v) is 7.80. The number of amides is 1. The summed E-state index contributed by atoms with van der Waals surface area (Å²) in [5.41, 5.74) is 0. The summed E-state index contributed by atoms with van der Waals surface area (Å²) in [7, 11) is 0. The Balaban J connectivity index is 2.39. The molecule has 1 rings (SSSR count). The number of carbonyl (C=O) groups excluding carboxylic acids is 1. The van der Waals surface area contributed by atoms with Gasteiger partial charge in [-0.1, -0.05) is 13.8 Å². The van der Waals surface area contributed by atoms with Crippen LogP contribution in [0.5, 0.6) is 0 Å². The Labute approximate surface area is 113 Å². The van der Waals surface area contributed by atoms with Gasteiger partial charge < -0.3 is 10.4 Å². The number of nitrogens with one attached hydrogen (secondary N) is 1. The monoisotopic (exact) mass is 273 g/mol. The van der Waals surface area contributed by atoms with E-state index in [-0.39, 0.29) is 11.9 Å². The SMILES string of the molecule is CSC1CCC(NC(=O)C(C)C(C)C(=O)O)CC1. The van der Waals surface area contributed by atoms with Crippen molar-refractivity contribution in [3.8, 4) is 0 Å². The van der Waals surface area contributed by atoms with Gasteiger partial charge in [0.25, 0.3) is 0 Å². The average Bonchev–Trinajstić information content (AvgIpc) is 2.37. The van der Waals surface area contributed by atoms with E-state index in [0.717, 1.165) is 25.7 Å². The zero-order chi connectivity index (χ0) is 13.7. The number of hydrogen-bond donors (Lipinski definition) is 2. The molecule has 0 radical (unpaired) electrons. The fourth-order valence-corrected chi connectivity index (χ4v) is 2.96. The summed E-state index contributed by atoms with van der Waals surface area (Å²) in [5, 5.41) is 12.6. The molecule has 104 valence electrons. The number of thioether (sulfide) groups is 1. The number of carboxylic acid groups (broad SMARTS) is 1. The van der Waals surface area contributed by atoms with Crippen molar-refractivity contribution in [2.45, 2.75) is 50.8 Å². The first-order valence-electron chi connectivity index (χ1n) is 6.51. The van der Waals surface area contributed by atoms with E-state index in [1.54, 1.807) is 13.8 Å². The van der Waals surface area contributed by atoms with E-state index in [2.05, 4.69) is 11.6 Å². The molecule has 0 saturated heterocycles. The van der Waals surface area contributed by atoms with E-state index in [4.69, 9.17) is 5.11 Å². The lowest BCUT2D eigenvalue weighted by molar-refractivity contribution is -0.146. The molecule has 1 aliphatic rings. The van der Waals surface area contributed by atoms with Crippen LogP contribution in [0.1, 0.15) is 39.5 Å². The van der Waals surface area contributed by atoms with Gasteiger partial charge in [0.1, 0.15) is 0 Å². The minimum absolute atomic E-state index is 0.127. The highest BCUT2D eigenvalue weighted by molar-refractivity contribution is 7.99. The largest absolute Gasteiger partial charge is 0.481 e. The highest BCUT2D eigenvalue weighted by Gasteiger charge is 2.28. The Kier molecular flexibility index (Phi) is 5.99. The van der Waals surface area contributed by atoms with Crippen LogP contribution in [0.4, 0.5) is 0 Å². The lowest BCUT2D eigenvalue weighted by Gasteiger charge is -2.29. The molecule has 18 heavy (non-hydrogen) atoms. The maximum absolute atomic E-state index is 11.9. The van der Waals surface area contributed by atoms with E-state index in [1.807, 2.05) is 11.8 Å². The fourth-order valence-electron chi connectivity index (χ4n) is 2.22. The lowest BCUT2D eigenvalue weighted by atomic mass is 9.92. The second-order valence-corrected chi connectivity index (χ2v) is 6.27. The number of hydrogen-bond acceptors (Lipinski definition) is 3. The molecule has 4 nitrogen and oxygen atoms in total. The third-order valence-corrected chi connectivity index (χ3v) is 5.05. The molecule has 2 unspecified atom stereocenters. The van der Waals surface area contributed by atoms with E-state index in [0.29, 0.717) is 5.25 Å². The Morgan fingerprint density at radius 3 is 2.17 bits per heavy atom. The molecule has 0 aromatic rings. The number of carboxylic acids is 1. The van der Waals surface area contributed by atoms with Crippen LogP contribution in [0, 0.1) is 11.8 Å². The molecule has 0 spiro atoms. The van der Waals surface area contributed by atoms with Gasteiger partial charge in [0.05, 0.1) is 5.92 Å². The first kappa shape index (κ1) is 15.3. The van der Waals surface area contributed by atoms with Crippen molar-refractivity contribution in [1.82, 2.24) is 5.32 Å². The number of carbonyl (C=O) groups is 2. The Morgan fingerprint density at radius 1 is 1.17 bits per heavy atom. The number of rotatable bonds is 5. The molecule has 1 fully saturated rings. The second-order valence-electron chi connectivity index (χ2n) is 5.13. The van der Waals surface area contributed by atoms with Crippen molar-refractivity contribution in [2.24, 2.45) is 11.8 Å². The Bertz CT molecular complexity index is 301. The summed E-state index contributed by atoms with van der Waals surface area (Å²) in [5.74, 6) is -2.14. The molecule has 0 heterocycles. The molecule has 1 amide bonds. The highest BCUT2D eigenvalue weighted by atomic mass is 32.2. The smallest absolute Gasteiger partial charge is 0.307 e. The Morgan fingerprint density at radius 2 is 1.72 bits per heavy atom. The van der Waals surface area contributed by atoms with Gasteiger partial charge in [0, 0.05) is 17.2 Å². The minimum atomic E-state index is -0.913. The molecule has 0 aromatic carbocycles. The second kappa shape index (κ2) is 7.02. The molecular weight excluding hydrogens is 250 g/mol. The van der Waals surface area contributed by atoms with Crippen molar-refractivity contribution in [3.05, 3.63) is 0 Å². The van der Waals surface area contributed by atoms with Crippen LogP contribution in [0.3, 0.4) is 0 Å². The molecule has 0 aliphatic heterocycles. The third-order valence-electron chi connectivity index (χ3n) is 3.91. The first-order chi connectivity index (χ1) is 8.45. The minimum Gasteiger partial charge on any atom is -0.481 e. The average molecular weight is 273 g/mol. The number of aliphatic carboxylic acids is 1. The van der Waals surface area contributed by atoms with Gasteiger partial charge in [0.2, 0.25) is 5.91 Å². The maximum atomic E-state index is 11.9. The van der Waals surface area contributed by atoms with Crippen molar-refractivity contribution >= 4 is 23.6 Å². The van der Waals surface area contributed by atoms with Gasteiger partial charge in [-0.3, -0.25) is 9.59 Å². The molecule has 2 N–H and O–H groups in total. The van der Waals surface area contributed by atoms with E-state index in [1.165, 1.54) is 0 Å². The van der Waals surface area contributed by atoms with E-state index < -0.39 is 17.8 Å². The zero-order valence-electron chi connectivity index (χ0n) is 11.3. The Hall–Kier alpha value is -0.710. The summed E-state index contributed by atoms with van der Waals surface area (Å²) in [4.78, 5) is 22.8. The van der Waals surface area contributed by atoms with Crippen LogP contribution in [0.2, 0.25) is 0 Å². The molecule has 0 bridgehead atoms. The predicted octanol–water partition coefficient (Wildman–Crippen LogP) is 2.13. The van der Waals surface area contributed by atoms with Gasteiger partial charge in [-0.25, -0.2) is 0 Å². The lowest BCUT2D eigenvalue weighted by Crippen LogP contribution is -2.43. The standard InChI is InChI=1S/C13H23NO3S/c1-8(9(2)13(16)17)12(15)14-10-4-6-11(18-3)7-5-10/h8-11H,4-7H2,1-3H3,(H,14,15)(H,16,17).